The Morgan fingerprint density at radius 2 is 1.67 bits per heavy atom. The van der Waals surface area contributed by atoms with Gasteiger partial charge in [0.1, 0.15) is 0 Å². The van der Waals surface area contributed by atoms with Crippen molar-refractivity contribution in [1.82, 2.24) is 4.90 Å². The first-order chi connectivity index (χ1) is 8.16. The number of rotatable bonds is 3. The predicted molar refractivity (Wildman–Crippen MR) is 81.6 cm³/mol. The highest BCUT2D eigenvalue weighted by molar-refractivity contribution is 5.37. The minimum Gasteiger partial charge on any atom is -0.373 e. The average Bonchev–Trinajstić information content (AvgIpc) is 2.23. The Morgan fingerprint density at radius 3 is 2.11 bits per heavy atom. The molecule has 0 saturated heterocycles. The Hall–Kier alpha value is -0.720. The lowest BCUT2D eigenvalue weighted by atomic mass is 9.74. The van der Waals surface area contributed by atoms with Crippen LogP contribution in [0.1, 0.15) is 61.3 Å². The van der Waals surface area contributed by atoms with E-state index in [1.165, 1.54) is 25.0 Å². The molecule has 0 radical (unpaired) electrons. The van der Waals surface area contributed by atoms with Gasteiger partial charge in [0.05, 0.1) is 0 Å². The summed E-state index contributed by atoms with van der Waals surface area (Å²) in [6.07, 6.45) is 7.20. The second-order valence-corrected chi connectivity index (χ2v) is 7.53. The highest BCUT2D eigenvalue weighted by Gasteiger charge is 2.29. The SMILES string of the molecule is CCCCN1C=CC(C(C)(C)C)=C(C(C)(C)C)C1. The molecule has 0 aromatic heterocycles. The Kier molecular flexibility index (Phi) is 4.69. The Morgan fingerprint density at radius 1 is 1.06 bits per heavy atom. The van der Waals surface area contributed by atoms with Crippen LogP contribution in [0.2, 0.25) is 0 Å². The fraction of sp³-hybridized carbons (Fsp3) is 0.765. The van der Waals surface area contributed by atoms with Crippen molar-refractivity contribution in [3.8, 4) is 0 Å². The Labute approximate surface area is 114 Å². The van der Waals surface area contributed by atoms with Gasteiger partial charge in [-0.25, -0.2) is 0 Å². The van der Waals surface area contributed by atoms with Crippen LogP contribution in [-0.2, 0) is 0 Å². The molecule has 1 rings (SSSR count). The lowest BCUT2D eigenvalue weighted by Gasteiger charge is -2.38. The lowest BCUT2D eigenvalue weighted by molar-refractivity contribution is 0.335. The smallest absolute Gasteiger partial charge is 0.0394 e. The summed E-state index contributed by atoms with van der Waals surface area (Å²) < 4.78 is 0. The van der Waals surface area contributed by atoms with Gasteiger partial charge < -0.3 is 4.90 Å². The molecule has 0 spiro atoms. The normalized spacial score (nSPS) is 17.6. The van der Waals surface area contributed by atoms with Gasteiger partial charge in [-0.3, -0.25) is 0 Å². The molecule has 0 unspecified atom stereocenters. The van der Waals surface area contributed by atoms with E-state index in [4.69, 9.17) is 0 Å². The first kappa shape index (κ1) is 15.3. The van der Waals surface area contributed by atoms with Gasteiger partial charge in [0.15, 0.2) is 0 Å². The van der Waals surface area contributed by atoms with Crippen molar-refractivity contribution in [2.24, 2.45) is 10.8 Å². The number of unbranched alkanes of at least 4 members (excludes halogenated alkanes) is 1. The summed E-state index contributed by atoms with van der Waals surface area (Å²) >= 11 is 0. The van der Waals surface area contributed by atoms with Gasteiger partial charge in [-0.2, -0.15) is 0 Å². The van der Waals surface area contributed by atoms with Gasteiger partial charge in [-0.1, -0.05) is 54.9 Å². The molecule has 1 nitrogen and oxygen atoms in total. The summed E-state index contributed by atoms with van der Waals surface area (Å²) in [5.74, 6) is 0. The molecule has 0 aromatic rings. The first-order valence-electron chi connectivity index (χ1n) is 7.32. The second-order valence-electron chi connectivity index (χ2n) is 7.53. The zero-order valence-corrected chi connectivity index (χ0v) is 13.4. The van der Waals surface area contributed by atoms with Crippen molar-refractivity contribution in [3.05, 3.63) is 23.4 Å². The molecule has 0 amide bonds. The van der Waals surface area contributed by atoms with E-state index >= 15 is 0 Å². The van der Waals surface area contributed by atoms with Crippen molar-refractivity contribution in [1.29, 1.82) is 0 Å². The molecule has 104 valence electrons. The van der Waals surface area contributed by atoms with Gasteiger partial charge in [0.2, 0.25) is 0 Å². The molecule has 1 heterocycles. The molecule has 18 heavy (non-hydrogen) atoms. The van der Waals surface area contributed by atoms with Crippen LogP contribution in [0.4, 0.5) is 0 Å². The number of hydrogen-bond acceptors (Lipinski definition) is 1. The van der Waals surface area contributed by atoms with Crippen molar-refractivity contribution < 1.29 is 0 Å². The molecular weight excluding hydrogens is 218 g/mol. The van der Waals surface area contributed by atoms with Crippen LogP contribution in [-0.4, -0.2) is 18.0 Å². The van der Waals surface area contributed by atoms with Crippen molar-refractivity contribution >= 4 is 0 Å². The molecular formula is C17H31N. The Bertz CT molecular complexity index is 334. The summed E-state index contributed by atoms with van der Waals surface area (Å²) in [5.41, 5.74) is 3.64. The molecule has 1 heteroatoms. The van der Waals surface area contributed by atoms with E-state index in [-0.39, 0.29) is 10.8 Å². The van der Waals surface area contributed by atoms with Crippen LogP contribution in [0.15, 0.2) is 23.4 Å². The van der Waals surface area contributed by atoms with E-state index in [2.05, 4.69) is 65.6 Å². The minimum absolute atomic E-state index is 0.246. The zero-order valence-electron chi connectivity index (χ0n) is 13.4. The molecule has 0 aromatic carbocycles. The van der Waals surface area contributed by atoms with Gasteiger partial charge in [0, 0.05) is 13.1 Å². The van der Waals surface area contributed by atoms with Gasteiger partial charge in [-0.15, -0.1) is 0 Å². The largest absolute Gasteiger partial charge is 0.373 e. The number of allylic oxidation sites excluding steroid dienone is 2. The standard InChI is InChI=1S/C17H31N/c1-8-9-11-18-12-10-14(16(2,3)4)15(13-18)17(5,6)7/h10,12H,8-9,11,13H2,1-7H3. The van der Waals surface area contributed by atoms with Gasteiger partial charge in [0.25, 0.3) is 0 Å². The van der Waals surface area contributed by atoms with Crippen molar-refractivity contribution in [2.75, 3.05) is 13.1 Å². The summed E-state index contributed by atoms with van der Waals surface area (Å²) in [4.78, 5) is 2.47. The zero-order chi connectivity index (χ0) is 14.0. The highest BCUT2D eigenvalue weighted by atomic mass is 15.1. The monoisotopic (exact) mass is 249 g/mol. The van der Waals surface area contributed by atoms with Crippen LogP contribution in [0, 0.1) is 10.8 Å². The third kappa shape index (κ3) is 3.90. The van der Waals surface area contributed by atoms with Crippen LogP contribution >= 0.6 is 0 Å². The highest BCUT2D eigenvalue weighted by Crippen LogP contribution is 2.39. The van der Waals surface area contributed by atoms with Crippen LogP contribution in [0.3, 0.4) is 0 Å². The first-order valence-corrected chi connectivity index (χ1v) is 7.32. The maximum atomic E-state index is 2.47. The van der Waals surface area contributed by atoms with E-state index in [1.807, 2.05) is 0 Å². The summed E-state index contributed by atoms with van der Waals surface area (Å²) in [6, 6.07) is 0. The average molecular weight is 249 g/mol. The molecule has 0 fully saturated rings. The topological polar surface area (TPSA) is 3.24 Å². The maximum Gasteiger partial charge on any atom is 0.0394 e. The van der Waals surface area contributed by atoms with Crippen LogP contribution < -0.4 is 0 Å². The second kappa shape index (κ2) is 5.50. The summed E-state index contributed by atoms with van der Waals surface area (Å²) in [7, 11) is 0. The van der Waals surface area contributed by atoms with E-state index < -0.39 is 0 Å². The molecule has 0 atom stereocenters. The molecule has 0 N–H and O–H groups in total. The molecule has 1 aliphatic heterocycles. The maximum absolute atomic E-state index is 2.47. The van der Waals surface area contributed by atoms with Gasteiger partial charge >= 0.3 is 0 Å². The third-order valence-corrected chi connectivity index (χ3v) is 3.65. The molecule has 0 saturated carbocycles. The third-order valence-electron chi connectivity index (χ3n) is 3.65. The predicted octanol–water partition coefficient (Wildman–Crippen LogP) is 5.00. The quantitative estimate of drug-likeness (QED) is 0.680. The molecule has 0 bridgehead atoms. The van der Waals surface area contributed by atoms with Crippen LogP contribution in [0.5, 0.6) is 0 Å². The van der Waals surface area contributed by atoms with Crippen LogP contribution in [0.25, 0.3) is 0 Å². The minimum atomic E-state index is 0.246. The Balaban J connectivity index is 2.98. The fourth-order valence-corrected chi connectivity index (χ4v) is 2.48. The lowest BCUT2D eigenvalue weighted by Crippen LogP contribution is -2.32. The van der Waals surface area contributed by atoms with E-state index in [0.717, 1.165) is 6.54 Å². The molecule has 1 aliphatic rings. The number of nitrogens with zero attached hydrogens (tertiary/aromatic N) is 1. The molecule has 0 aliphatic carbocycles. The number of hydrogen-bond donors (Lipinski definition) is 0. The summed E-state index contributed by atoms with van der Waals surface area (Å²) in [5, 5.41) is 0. The van der Waals surface area contributed by atoms with E-state index in [0.29, 0.717) is 0 Å². The van der Waals surface area contributed by atoms with Crippen molar-refractivity contribution in [2.45, 2.75) is 61.3 Å². The van der Waals surface area contributed by atoms with Crippen molar-refractivity contribution in [3.63, 3.8) is 0 Å². The summed E-state index contributed by atoms with van der Waals surface area (Å²) in [6.45, 7) is 18.5. The fourth-order valence-electron chi connectivity index (χ4n) is 2.48. The van der Waals surface area contributed by atoms with E-state index in [9.17, 15) is 0 Å². The van der Waals surface area contributed by atoms with Gasteiger partial charge in [-0.05, 0) is 40.7 Å². The van der Waals surface area contributed by atoms with E-state index in [1.54, 1.807) is 5.57 Å².